The van der Waals surface area contributed by atoms with E-state index in [1.54, 1.807) is 0 Å². The van der Waals surface area contributed by atoms with Gasteiger partial charge < -0.3 is 15.5 Å². The number of piperazine rings is 1. The molecule has 164 valence electrons. The van der Waals surface area contributed by atoms with E-state index < -0.39 is 0 Å². The molecule has 0 radical (unpaired) electrons. The fourth-order valence-corrected chi connectivity index (χ4v) is 4.54. The first-order valence-electron chi connectivity index (χ1n) is 9.84. The van der Waals surface area contributed by atoms with Crippen molar-refractivity contribution in [2.75, 3.05) is 56.1 Å². The molecule has 2 N–H and O–H groups in total. The minimum absolute atomic E-state index is 0. The first-order chi connectivity index (χ1) is 13.2. The van der Waals surface area contributed by atoms with Crippen molar-refractivity contribution in [3.63, 3.8) is 0 Å². The predicted molar refractivity (Wildman–Crippen MR) is 126 cm³/mol. The van der Waals surface area contributed by atoms with Crippen LogP contribution in [0.1, 0.15) is 18.9 Å². The molecule has 2 fully saturated rings. The predicted octanol–water partition coefficient (Wildman–Crippen LogP) is 2.27. The molecule has 0 bridgehead atoms. The molecule has 1 unspecified atom stereocenters. The zero-order valence-electron chi connectivity index (χ0n) is 16.9. The number of anilines is 1. The van der Waals surface area contributed by atoms with Crippen LogP contribution in [0.2, 0.25) is 0 Å². The van der Waals surface area contributed by atoms with E-state index in [0.717, 1.165) is 48.8 Å². The third-order valence-electron chi connectivity index (χ3n) is 5.18. The van der Waals surface area contributed by atoms with E-state index in [4.69, 9.17) is 0 Å². The number of carbonyl (C=O) groups is 2. The van der Waals surface area contributed by atoms with Crippen LogP contribution in [-0.4, -0.2) is 78.4 Å². The second-order valence-corrected chi connectivity index (χ2v) is 8.30. The molecule has 2 saturated heterocycles. The number of rotatable bonds is 6. The van der Waals surface area contributed by atoms with Crippen LogP contribution in [-0.2, 0) is 16.0 Å². The molecule has 1 atom stereocenters. The lowest BCUT2D eigenvalue weighted by Gasteiger charge is -2.35. The molecule has 0 aliphatic carbocycles. The zero-order valence-corrected chi connectivity index (χ0v) is 19.3. The van der Waals surface area contributed by atoms with E-state index in [1.165, 1.54) is 0 Å². The summed E-state index contributed by atoms with van der Waals surface area (Å²) < 4.78 is 0. The Balaban J connectivity index is 0.00000210. The molecule has 2 aliphatic heterocycles. The number of hydrogen-bond donors (Lipinski definition) is 2. The van der Waals surface area contributed by atoms with Gasteiger partial charge in [0.1, 0.15) is 0 Å². The molecule has 9 heteroatoms. The normalized spacial score (nSPS) is 19.6. The molecular weight excluding hydrogens is 431 g/mol. The smallest absolute Gasteiger partial charge is 0.238 e. The summed E-state index contributed by atoms with van der Waals surface area (Å²) in [5, 5.41) is 6.45. The standard InChI is InChI=1S/C20H30N4O2S.2ClH/c1-2-16-5-3-4-6-18(16)22-19(25)14-23-8-10-24(11-9-23)20(26)13-17-15-27-12-7-21-17;;/h3-6,17,21H,2,7-15H2,1H3,(H,22,25);2*1H. The Hall–Kier alpha value is -0.990. The van der Waals surface area contributed by atoms with Crippen LogP contribution in [0.3, 0.4) is 0 Å². The maximum Gasteiger partial charge on any atom is 0.238 e. The lowest BCUT2D eigenvalue weighted by molar-refractivity contribution is -0.133. The van der Waals surface area contributed by atoms with Gasteiger partial charge in [-0.1, -0.05) is 25.1 Å². The van der Waals surface area contributed by atoms with Crippen molar-refractivity contribution in [1.82, 2.24) is 15.1 Å². The summed E-state index contributed by atoms with van der Waals surface area (Å²) >= 11 is 1.92. The zero-order chi connectivity index (χ0) is 19.1. The van der Waals surface area contributed by atoms with E-state index in [-0.39, 0.29) is 36.6 Å². The van der Waals surface area contributed by atoms with Crippen LogP contribution in [0.5, 0.6) is 0 Å². The van der Waals surface area contributed by atoms with E-state index in [1.807, 2.05) is 40.9 Å². The minimum atomic E-state index is 0. The maximum absolute atomic E-state index is 12.5. The highest BCUT2D eigenvalue weighted by Crippen LogP contribution is 2.16. The number of thioether (sulfide) groups is 1. The topological polar surface area (TPSA) is 64.7 Å². The third-order valence-corrected chi connectivity index (χ3v) is 6.31. The van der Waals surface area contributed by atoms with Gasteiger partial charge >= 0.3 is 0 Å². The van der Waals surface area contributed by atoms with Crippen molar-refractivity contribution < 1.29 is 9.59 Å². The Morgan fingerprint density at radius 1 is 1.17 bits per heavy atom. The lowest BCUT2D eigenvalue weighted by Crippen LogP contribution is -2.52. The quantitative estimate of drug-likeness (QED) is 0.678. The van der Waals surface area contributed by atoms with Crippen molar-refractivity contribution in [2.45, 2.75) is 25.8 Å². The Labute approximate surface area is 190 Å². The van der Waals surface area contributed by atoms with Crippen LogP contribution < -0.4 is 10.6 Å². The molecule has 2 amide bonds. The number of aryl methyl sites for hydroxylation is 1. The van der Waals surface area contributed by atoms with Gasteiger partial charge in [0, 0.05) is 62.4 Å². The fourth-order valence-electron chi connectivity index (χ4n) is 3.59. The van der Waals surface area contributed by atoms with Crippen molar-refractivity contribution >= 4 is 54.1 Å². The molecule has 0 spiro atoms. The van der Waals surface area contributed by atoms with Gasteiger partial charge in [0.2, 0.25) is 11.8 Å². The summed E-state index contributed by atoms with van der Waals surface area (Å²) in [7, 11) is 0. The SMILES string of the molecule is CCc1ccccc1NC(=O)CN1CCN(C(=O)CC2CSCCN2)CC1.Cl.Cl. The van der Waals surface area contributed by atoms with E-state index >= 15 is 0 Å². The lowest BCUT2D eigenvalue weighted by atomic mass is 10.1. The van der Waals surface area contributed by atoms with Gasteiger partial charge in [0.25, 0.3) is 0 Å². The Morgan fingerprint density at radius 2 is 1.90 bits per heavy atom. The average Bonchev–Trinajstić information content (AvgIpc) is 2.69. The highest BCUT2D eigenvalue weighted by Gasteiger charge is 2.25. The molecule has 2 heterocycles. The van der Waals surface area contributed by atoms with Crippen molar-refractivity contribution in [3.05, 3.63) is 29.8 Å². The second kappa shape index (κ2) is 13.3. The first kappa shape index (κ1) is 26.0. The summed E-state index contributed by atoms with van der Waals surface area (Å²) in [6.45, 7) is 6.37. The monoisotopic (exact) mass is 462 g/mol. The molecule has 29 heavy (non-hydrogen) atoms. The number of benzene rings is 1. The van der Waals surface area contributed by atoms with Crippen LogP contribution in [0, 0.1) is 0 Å². The molecule has 1 aromatic carbocycles. The summed E-state index contributed by atoms with van der Waals surface area (Å²) in [5.41, 5.74) is 2.05. The van der Waals surface area contributed by atoms with Crippen molar-refractivity contribution in [2.24, 2.45) is 0 Å². The minimum Gasteiger partial charge on any atom is -0.340 e. The number of nitrogens with one attached hydrogen (secondary N) is 2. The third kappa shape index (κ3) is 7.98. The number of para-hydroxylation sites is 1. The van der Waals surface area contributed by atoms with Crippen LogP contribution >= 0.6 is 36.6 Å². The Morgan fingerprint density at radius 3 is 2.55 bits per heavy atom. The fraction of sp³-hybridized carbons (Fsp3) is 0.600. The van der Waals surface area contributed by atoms with Crippen LogP contribution in [0.4, 0.5) is 5.69 Å². The van der Waals surface area contributed by atoms with E-state index in [2.05, 4.69) is 22.5 Å². The molecular formula is C20H32Cl2N4O2S. The number of halogens is 2. The summed E-state index contributed by atoms with van der Waals surface area (Å²) in [4.78, 5) is 28.9. The summed E-state index contributed by atoms with van der Waals surface area (Å²) in [5.74, 6) is 2.40. The number of carbonyl (C=O) groups excluding carboxylic acids is 2. The van der Waals surface area contributed by atoms with Gasteiger partial charge in [-0.2, -0.15) is 11.8 Å². The van der Waals surface area contributed by atoms with Crippen LogP contribution in [0.25, 0.3) is 0 Å². The molecule has 0 saturated carbocycles. The van der Waals surface area contributed by atoms with Gasteiger partial charge in [-0.05, 0) is 18.1 Å². The van der Waals surface area contributed by atoms with Crippen LogP contribution in [0.15, 0.2) is 24.3 Å². The first-order valence-corrected chi connectivity index (χ1v) is 11.0. The maximum atomic E-state index is 12.5. The van der Waals surface area contributed by atoms with E-state index in [9.17, 15) is 9.59 Å². The molecule has 6 nitrogen and oxygen atoms in total. The molecule has 3 rings (SSSR count). The highest BCUT2D eigenvalue weighted by molar-refractivity contribution is 7.99. The number of nitrogens with zero attached hydrogens (tertiary/aromatic N) is 2. The number of hydrogen-bond acceptors (Lipinski definition) is 5. The number of amides is 2. The second-order valence-electron chi connectivity index (χ2n) is 7.15. The van der Waals surface area contributed by atoms with Gasteiger partial charge in [-0.15, -0.1) is 24.8 Å². The Bertz CT molecular complexity index is 651. The van der Waals surface area contributed by atoms with Gasteiger partial charge in [-0.25, -0.2) is 0 Å². The Kier molecular flexibility index (Phi) is 12.0. The van der Waals surface area contributed by atoms with Crippen molar-refractivity contribution in [1.29, 1.82) is 0 Å². The summed E-state index contributed by atoms with van der Waals surface area (Å²) in [6, 6.07) is 8.23. The van der Waals surface area contributed by atoms with Crippen molar-refractivity contribution in [3.8, 4) is 0 Å². The highest BCUT2D eigenvalue weighted by atomic mass is 35.5. The molecule has 2 aliphatic rings. The van der Waals surface area contributed by atoms with E-state index in [0.29, 0.717) is 32.1 Å². The van der Waals surface area contributed by atoms with Gasteiger partial charge in [0.15, 0.2) is 0 Å². The molecule has 0 aromatic heterocycles. The van der Waals surface area contributed by atoms with Gasteiger partial charge in [0.05, 0.1) is 6.54 Å². The summed E-state index contributed by atoms with van der Waals surface area (Å²) in [6.07, 6.45) is 1.48. The largest absolute Gasteiger partial charge is 0.340 e. The molecule has 1 aromatic rings. The average molecular weight is 463 g/mol. The van der Waals surface area contributed by atoms with Gasteiger partial charge in [-0.3, -0.25) is 14.5 Å².